The molecule has 1 aromatic rings. The second-order valence-corrected chi connectivity index (χ2v) is 3.74. The molecule has 0 aromatic heterocycles. The van der Waals surface area contributed by atoms with Crippen LogP contribution in [0.1, 0.15) is 11.5 Å². The van der Waals surface area contributed by atoms with Gasteiger partial charge >= 0.3 is 0 Å². The van der Waals surface area contributed by atoms with Gasteiger partial charge in [0.15, 0.2) is 0 Å². The van der Waals surface area contributed by atoms with Crippen LogP contribution in [-0.2, 0) is 0 Å². The van der Waals surface area contributed by atoms with Gasteiger partial charge in [-0.3, -0.25) is 0 Å². The molecule has 1 atom stereocenters. The van der Waals surface area contributed by atoms with Crippen molar-refractivity contribution >= 4 is 15.9 Å². The Labute approximate surface area is 88.9 Å². The summed E-state index contributed by atoms with van der Waals surface area (Å²) in [6.45, 7) is -0.153. The number of halogens is 3. The number of rotatable bonds is 3. The van der Waals surface area contributed by atoms with Gasteiger partial charge in [-0.05, 0) is 23.8 Å². The number of alkyl halides is 2. The molecule has 0 aliphatic heterocycles. The zero-order valence-corrected chi connectivity index (χ0v) is 8.84. The van der Waals surface area contributed by atoms with Crippen LogP contribution in [0.2, 0.25) is 0 Å². The van der Waals surface area contributed by atoms with E-state index in [1.807, 2.05) is 0 Å². The number of benzene rings is 1. The van der Waals surface area contributed by atoms with Crippen LogP contribution in [0, 0.1) is 0 Å². The first-order valence-corrected chi connectivity index (χ1v) is 4.82. The molecule has 0 saturated carbocycles. The fourth-order valence-electron chi connectivity index (χ4n) is 1.18. The van der Waals surface area contributed by atoms with Crippen molar-refractivity contribution in [1.82, 2.24) is 0 Å². The Morgan fingerprint density at radius 1 is 1.43 bits per heavy atom. The first-order valence-electron chi connectivity index (χ1n) is 4.03. The molecule has 0 spiro atoms. The standard InChI is InChI=1S/C9H10BrF2NO/c10-8-2-1-5(14)3-6(8)7(4-13)9(11)12/h1-3,7,9,14H,4,13H2. The van der Waals surface area contributed by atoms with Gasteiger partial charge in [0, 0.05) is 11.0 Å². The molecule has 0 aliphatic rings. The molecule has 5 heteroatoms. The maximum Gasteiger partial charge on any atom is 0.246 e. The van der Waals surface area contributed by atoms with E-state index in [-0.39, 0.29) is 12.3 Å². The largest absolute Gasteiger partial charge is 0.508 e. The molecule has 78 valence electrons. The molecule has 0 radical (unpaired) electrons. The van der Waals surface area contributed by atoms with E-state index >= 15 is 0 Å². The van der Waals surface area contributed by atoms with Crippen LogP contribution in [0.4, 0.5) is 8.78 Å². The second-order valence-electron chi connectivity index (χ2n) is 2.88. The maximum atomic E-state index is 12.5. The molecule has 0 fully saturated rings. The highest BCUT2D eigenvalue weighted by Gasteiger charge is 2.23. The summed E-state index contributed by atoms with van der Waals surface area (Å²) in [5, 5.41) is 9.16. The van der Waals surface area contributed by atoms with E-state index in [4.69, 9.17) is 10.8 Å². The van der Waals surface area contributed by atoms with Crippen LogP contribution in [0.3, 0.4) is 0 Å². The third kappa shape index (κ3) is 2.42. The maximum absolute atomic E-state index is 12.5. The molecule has 2 nitrogen and oxygen atoms in total. The van der Waals surface area contributed by atoms with Crippen LogP contribution in [-0.4, -0.2) is 18.1 Å². The normalized spacial score (nSPS) is 13.2. The Bertz CT molecular complexity index is 320. The van der Waals surface area contributed by atoms with E-state index in [1.165, 1.54) is 18.2 Å². The van der Waals surface area contributed by atoms with Gasteiger partial charge in [0.2, 0.25) is 6.43 Å². The topological polar surface area (TPSA) is 46.2 Å². The fourth-order valence-corrected chi connectivity index (χ4v) is 1.72. The summed E-state index contributed by atoms with van der Waals surface area (Å²) in [7, 11) is 0. The number of hydrogen-bond donors (Lipinski definition) is 2. The highest BCUT2D eigenvalue weighted by Crippen LogP contribution is 2.31. The van der Waals surface area contributed by atoms with Crippen LogP contribution in [0.5, 0.6) is 5.75 Å². The minimum Gasteiger partial charge on any atom is -0.508 e. The van der Waals surface area contributed by atoms with Gasteiger partial charge in [-0.15, -0.1) is 0 Å². The van der Waals surface area contributed by atoms with E-state index < -0.39 is 12.3 Å². The quantitative estimate of drug-likeness (QED) is 0.882. The summed E-state index contributed by atoms with van der Waals surface area (Å²) in [6.07, 6.45) is -2.53. The molecular weight excluding hydrogens is 256 g/mol. The van der Waals surface area contributed by atoms with Crippen LogP contribution in [0.15, 0.2) is 22.7 Å². The molecule has 1 unspecified atom stereocenters. The minimum absolute atomic E-state index is 0.0395. The molecule has 0 heterocycles. The van der Waals surface area contributed by atoms with Crippen molar-refractivity contribution in [2.75, 3.05) is 6.54 Å². The number of phenolic OH excluding ortho intramolecular Hbond substituents is 1. The number of aromatic hydroxyl groups is 1. The molecule has 1 rings (SSSR count). The molecule has 14 heavy (non-hydrogen) atoms. The summed E-state index contributed by atoms with van der Waals surface area (Å²) in [5.41, 5.74) is 5.58. The average molecular weight is 266 g/mol. The first kappa shape index (κ1) is 11.4. The lowest BCUT2D eigenvalue weighted by Gasteiger charge is -2.15. The fraction of sp³-hybridized carbons (Fsp3) is 0.333. The van der Waals surface area contributed by atoms with Gasteiger partial charge < -0.3 is 10.8 Å². The first-order chi connectivity index (χ1) is 6.56. The molecule has 0 aliphatic carbocycles. The highest BCUT2D eigenvalue weighted by atomic mass is 79.9. The minimum atomic E-state index is -2.53. The van der Waals surface area contributed by atoms with Crippen molar-refractivity contribution in [1.29, 1.82) is 0 Å². The summed E-state index contributed by atoms with van der Waals surface area (Å²) in [4.78, 5) is 0. The molecule has 0 bridgehead atoms. The van der Waals surface area contributed by atoms with Crippen molar-refractivity contribution < 1.29 is 13.9 Å². The van der Waals surface area contributed by atoms with Crippen molar-refractivity contribution in [3.05, 3.63) is 28.2 Å². The Morgan fingerprint density at radius 3 is 2.57 bits per heavy atom. The van der Waals surface area contributed by atoms with E-state index in [9.17, 15) is 8.78 Å². The van der Waals surface area contributed by atoms with Gasteiger partial charge in [0.25, 0.3) is 0 Å². The van der Waals surface area contributed by atoms with E-state index in [1.54, 1.807) is 0 Å². The monoisotopic (exact) mass is 265 g/mol. The van der Waals surface area contributed by atoms with E-state index in [0.717, 1.165) is 0 Å². The van der Waals surface area contributed by atoms with Crippen molar-refractivity contribution in [2.24, 2.45) is 5.73 Å². The van der Waals surface area contributed by atoms with Crippen LogP contribution < -0.4 is 5.73 Å². The number of nitrogens with two attached hydrogens (primary N) is 1. The summed E-state index contributed by atoms with van der Waals surface area (Å²) in [6, 6.07) is 4.25. The van der Waals surface area contributed by atoms with E-state index in [2.05, 4.69) is 15.9 Å². The predicted octanol–water partition coefficient (Wildman–Crippen LogP) is 2.46. The molecule has 0 saturated heterocycles. The predicted molar refractivity (Wildman–Crippen MR) is 53.6 cm³/mol. The molecule has 1 aromatic carbocycles. The molecule has 3 N–H and O–H groups in total. The number of hydrogen-bond acceptors (Lipinski definition) is 2. The van der Waals surface area contributed by atoms with Crippen LogP contribution in [0.25, 0.3) is 0 Å². The van der Waals surface area contributed by atoms with Crippen molar-refractivity contribution in [3.8, 4) is 5.75 Å². The zero-order valence-electron chi connectivity index (χ0n) is 7.25. The smallest absolute Gasteiger partial charge is 0.246 e. The third-order valence-corrected chi connectivity index (χ3v) is 2.66. The zero-order chi connectivity index (χ0) is 10.7. The highest BCUT2D eigenvalue weighted by molar-refractivity contribution is 9.10. The lowest BCUT2D eigenvalue weighted by molar-refractivity contribution is 0.116. The molecule has 0 amide bonds. The average Bonchev–Trinajstić information content (AvgIpc) is 2.11. The summed E-state index contributed by atoms with van der Waals surface area (Å²) in [5.74, 6) is -1.08. The van der Waals surface area contributed by atoms with Gasteiger partial charge in [0.1, 0.15) is 5.75 Å². The van der Waals surface area contributed by atoms with Gasteiger partial charge in [-0.1, -0.05) is 15.9 Å². The number of phenols is 1. The van der Waals surface area contributed by atoms with Gasteiger partial charge in [-0.25, -0.2) is 8.78 Å². The third-order valence-electron chi connectivity index (χ3n) is 1.94. The Hall–Kier alpha value is -0.680. The lowest BCUT2D eigenvalue weighted by atomic mass is 10.00. The van der Waals surface area contributed by atoms with Gasteiger partial charge in [-0.2, -0.15) is 0 Å². The SMILES string of the molecule is NCC(c1cc(O)ccc1Br)C(F)F. The Morgan fingerprint density at radius 2 is 2.07 bits per heavy atom. The van der Waals surface area contributed by atoms with Crippen LogP contribution >= 0.6 is 15.9 Å². The Balaban J connectivity index is 3.08. The van der Waals surface area contributed by atoms with Crippen molar-refractivity contribution in [3.63, 3.8) is 0 Å². The van der Waals surface area contributed by atoms with E-state index in [0.29, 0.717) is 10.0 Å². The van der Waals surface area contributed by atoms with Crippen molar-refractivity contribution in [2.45, 2.75) is 12.3 Å². The lowest BCUT2D eigenvalue weighted by Crippen LogP contribution is -2.20. The van der Waals surface area contributed by atoms with Gasteiger partial charge in [0.05, 0.1) is 5.92 Å². The summed E-state index contributed by atoms with van der Waals surface area (Å²) < 4.78 is 25.6. The second kappa shape index (κ2) is 4.70. The Kier molecular flexibility index (Phi) is 3.83. The summed E-state index contributed by atoms with van der Waals surface area (Å²) >= 11 is 3.14. The molecular formula is C9H10BrF2NO.